The lowest BCUT2D eigenvalue weighted by Crippen LogP contribution is -2.30. The first-order valence-electron chi connectivity index (χ1n) is 6.87. The topological polar surface area (TPSA) is 77.4 Å². The Morgan fingerprint density at radius 3 is 2.57 bits per heavy atom. The van der Waals surface area contributed by atoms with E-state index in [0.29, 0.717) is 0 Å². The van der Waals surface area contributed by atoms with E-state index in [0.717, 1.165) is 25.9 Å². The summed E-state index contributed by atoms with van der Waals surface area (Å²) in [6.45, 7) is 5.14. The molecule has 2 rings (SSSR count). The maximum absolute atomic E-state index is 12.2. The Bertz CT molecular complexity index is 618. The van der Waals surface area contributed by atoms with Crippen molar-refractivity contribution in [2.45, 2.75) is 43.7 Å². The summed E-state index contributed by atoms with van der Waals surface area (Å²) in [5.74, 6) is -0.532. The summed E-state index contributed by atoms with van der Waals surface area (Å²) in [5.41, 5.74) is 0.231. The Kier molecular flexibility index (Phi) is 4.95. The minimum Gasteiger partial charge on any atom is -0.458 e. The minimum atomic E-state index is -3.88. The van der Waals surface area contributed by atoms with Gasteiger partial charge in [-0.2, -0.15) is 0 Å². The predicted octanol–water partition coefficient (Wildman–Crippen LogP) is 1.91. The molecule has 1 aromatic heterocycles. The summed E-state index contributed by atoms with van der Waals surface area (Å²) in [4.78, 5) is 12.1. The lowest BCUT2D eigenvalue weighted by atomic mass is 10.1. The van der Waals surface area contributed by atoms with Crippen LogP contribution >= 0.6 is 10.7 Å². The van der Waals surface area contributed by atoms with E-state index < -0.39 is 15.0 Å². The summed E-state index contributed by atoms with van der Waals surface area (Å²) in [7, 11) is 1.51. The molecule has 0 saturated carbocycles. The molecule has 1 aliphatic heterocycles. The van der Waals surface area contributed by atoms with Crippen LogP contribution in [-0.4, -0.2) is 38.1 Å². The Morgan fingerprint density at radius 1 is 1.43 bits per heavy atom. The first-order chi connectivity index (χ1) is 9.79. The number of carbonyl (C=O) groups is 1. The van der Waals surface area contributed by atoms with E-state index in [2.05, 4.69) is 5.32 Å². The molecular formula is C13H19ClN2O4S. The molecule has 0 aliphatic carbocycles. The smallest absolute Gasteiger partial charge is 0.355 e. The maximum atomic E-state index is 12.2. The summed E-state index contributed by atoms with van der Waals surface area (Å²) in [6, 6.07) is 1.35. The van der Waals surface area contributed by atoms with E-state index in [9.17, 15) is 13.2 Å². The molecule has 1 N–H and O–H groups in total. The summed E-state index contributed by atoms with van der Waals surface area (Å²) in [6.07, 6.45) is 2.79. The number of ether oxygens (including phenoxy) is 1. The van der Waals surface area contributed by atoms with Crippen molar-refractivity contribution in [2.75, 3.05) is 13.1 Å². The number of hydrogen-bond donors (Lipinski definition) is 1. The van der Waals surface area contributed by atoms with Gasteiger partial charge in [0.1, 0.15) is 10.6 Å². The molecule has 0 amide bonds. The fraction of sp³-hybridized carbons (Fsp3) is 0.615. The van der Waals surface area contributed by atoms with E-state index in [1.54, 1.807) is 18.4 Å². The molecule has 0 radical (unpaired) electrons. The third-order valence-corrected chi connectivity index (χ3v) is 4.68. The van der Waals surface area contributed by atoms with Gasteiger partial charge in [-0.3, -0.25) is 0 Å². The highest BCUT2D eigenvalue weighted by Gasteiger charge is 2.26. The second-order valence-electron chi connectivity index (χ2n) is 5.34. The van der Waals surface area contributed by atoms with E-state index >= 15 is 0 Å². The third kappa shape index (κ3) is 3.99. The fourth-order valence-corrected chi connectivity index (χ4v) is 3.16. The van der Waals surface area contributed by atoms with Crippen molar-refractivity contribution in [3.8, 4) is 0 Å². The van der Waals surface area contributed by atoms with Crippen LogP contribution < -0.4 is 5.32 Å². The van der Waals surface area contributed by atoms with E-state index in [-0.39, 0.29) is 22.7 Å². The quantitative estimate of drug-likeness (QED) is 0.672. The summed E-state index contributed by atoms with van der Waals surface area (Å²) >= 11 is 0. The molecule has 0 bridgehead atoms. The van der Waals surface area contributed by atoms with Crippen molar-refractivity contribution in [2.24, 2.45) is 0 Å². The van der Waals surface area contributed by atoms with Crippen molar-refractivity contribution in [3.63, 3.8) is 0 Å². The molecule has 21 heavy (non-hydrogen) atoms. The standard InChI is InChI=1S/C13H19ClN2O4S/c1-9(2)20-13(17)12-7-11(21(14,18)19)8-16(12)10-3-5-15-6-4-10/h7-10,15H,3-6H2,1-2H3. The van der Waals surface area contributed by atoms with E-state index in [4.69, 9.17) is 15.4 Å². The molecule has 0 aromatic carbocycles. The number of aromatic nitrogens is 1. The van der Waals surface area contributed by atoms with Crippen LogP contribution in [0.5, 0.6) is 0 Å². The predicted molar refractivity (Wildman–Crippen MR) is 79.2 cm³/mol. The number of hydrogen-bond acceptors (Lipinski definition) is 5. The molecule has 8 heteroatoms. The van der Waals surface area contributed by atoms with Gasteiger partial charge in [0.2, 0.25) is 0 Å². The maximum Gasteiger partial charge on any atom is 0.355 e. The van der Waals surface area contributed by atoms with Crippen LogP contribution in [0.3, 0.4) is 0 Å². The minimum absolute atomic E-state index is 0.0631. The van der Waals surface area contributed by atoms with Gasteiger partial charge < -0.3 is 14.6 Å². The zero-order valence-electron chi connectivity index (χ0n) is 12.0. The Morgan fingerprint density at radius 2 is 2.05 bits per heavy atom. The average Bonchev–Trinajstić information content (AvgIpc) is 2.84. The number of rotatable bonds is 4. The molecule has 1 aliphatic rings. The summed E-state index contributed by atoms with van der Waals surface area (Å²) < 4.78 is 29.9. The third-order valence-electron chi connectivity index (χ3n) is 3.36. The zero-order valence-corrected chi connectivity index (χ0v) is 13.6. The lowest BCUT2D eigenvalue weighted by molar-refractivity contribution is 0.0361. The van der Waals surface area contributed by atoms with Gasteiger partial charge in [0.25, 0.3) is 9.05 Å². The first kappa shape index (κ1) is 16.3. The number of piperidine rings is 1. The molecule has 118 valence electrons. The molecule has 2 heterocycles. The van der Waals surface area contributed by atoms with Crippen molar-refractivity contribution in [1.29, 1.82) is 0 Å². The van der Waals surface area contributed by atoms with Crippen molar-refractivity contribution in [1.82, 2.24) is 9.88 Å². The highest BCUT2D eigenvalue weighted by molar-refractivity contribution is 8.13. The van der Waals surface area contributed by atoms with Crippen LogP contribution in [0.15, 0.2) is 17.2 Å². The van der Waals surface area contributed by atoms with Gasteiger partial charge in [0, 0.05) is 22.9 Å². The molecule has 1 saturated heterocycles. The number of nitrogens with one attached hydrogen (secondary N) is 1. The largest absolute Gasteiger partial charge is 0.458 e. The van der Waals surface area contributed by atoms with Crippen LogP contribution in [0.2, 0.25) is 0 Å². The number of carbonyl (C=O) groups excluding carboxylic acids is 1. The van der Waals surface area contributed by atoms with Gasteiger partial charge in [-0.25, -0.2) is 13.2 Å². The van der Waals surface area contributed by atoms with Gasteiger partial charge in [-0.1, -0.05) is 0 Å². The number of nitrogens with zero attached hydrogens (tertiary/aromatic N) is 1. The van der Waals surface area contributed by atoms with Gasteiger partial charge in [0.05, 0.1) is 6.10 Å². The second kappa shape index (κ2) is 6.37. The SMILES string of the molecule is CC(C)OC(=O)c1cc(S(=O)(=O)Cl)cn1C1CCNCC1. The van der Waals surface area contributed by atoms with Crippen molar-refractivity contribution in [3.05, 3.63) is 18.0 Å². The molecule has 0 spiro atoms. The van der Waals surface area contributed by atoms with E-state index in [1.807, 2.05) is 0 Å². The molecular weight excluding hydrogens is 316 g/mol. The van der Waals surface area contributed by atoms with Crippen molar-refractivity contribution >= 4 is 25.7 Å². The van der Waals surface area contributed by atoms with Gasteiger partial charge in [-0.15, -0.1) is 0 Å². The zero-order chi connectivity index (χ0) is 15.6. The normalized spacial score (nSPS) is 17.1. The van der Waals surface area contributed by atoms with Gasteiger partial charge >= 0.3 is 5.97 Å². The molecule has 6 nitrogen and oxygen atoms in total. The molecule has 0 atom stereocenters. The van der Waals surface area contributed by atoms with Crippen LogP contribution in [0.25, 0.3) is 0 Å². The van der Waals surface area contributed by atoms with Crippen molar-refractivity contribution < 1.29 is 17.9 Å². The Labute approximate surface area is 128 Å². The highest BCUT2D eigenvalue weighted by atomic mass is 35.7. The highest BCUT2D eigenvalue weighted by Crippen LogP contribution is 2.27. The van der Waals surface area contributed by atoms with Crippen LogP contribution in [0.1, 0.15) is 43.2 Å². The van der Waals surface area contributed by atoms with Gasteiger partial charge in [0.15, 0.2) is 0 Å². The van der Waals surface area contributed by atoms with Crippen LogP contribution in [-0.2, 0) is 13.8 Å². The molecule has 1 fully saturated rings. The number of esters is 1. The lowest BCUT2D eigenvalue weighted by Gasteiger charge is -2.25. The summed E-state index contributed by atoms with van der Waals surface area (Å²) in [5, 5.41) is 3.23. The monoisotopic (exact) mass is 334 g/mol. The second-order valence-corrected chi connectivity index (χ2v) is 7.91. The Balaban J connectivity index is 2.40. The fourth-order valence-electron chi connectivity index (χ4n) is 2.41. The molecule has 1 aromatic rings. The average molecular weight is 335 g/mol. The van der Waals surface area contributed by atoms with Gasteiger partial charge in [-0.05, 0) is 45.8 Å². The van der Waals surface area contributed by atoms with Crippen LogP contribution in [0, 0.1) is 0 Å². The molecule has 0 unspecified atom stereocenters. The van der Waals surface area contributed by atoms with E-state index in [1.165, 1.54) is 12.3 Å². The Hall–Kier alpha value is -1.05. The van der Waals surface area contributed by atoms with Crippen LogP contribution in [0.4, 0.5) is 0 Å². The number of halogens is 1. The first-order valence-corrected chi connectivity index (χ1v) is 9.18.